The molecule has 1 aromatic heterocycles. The van der Waals surface area contributed by atoms with Gasteiger partial charge in [-0.2, -0.15) is 0 Å². The number of anilines is 1. The fourth-order valence-electron chi connectivity index (χ4n) is 1.78. The molecule has 3 rings (SSSR count). The van der Waals surface area contributed by atoms with E-state index in [1.54, 1.807) is 6.07 Å². The maximum absolute atomic E-state index is 13.4. The smallest absolute Gasteiger partial charge is 0.269 e. The van der Waals surface area contributed by atoms with E-state index >= 15 is 0 Å². The highest BCUT2D eigenvalue weighted by molar-refractivity contribution is 7.22. The molecule has 0 saturated carbocycles. The molecule has 3 N–H and O–H groups in total. The second-order valence-corrected chi connectivity index (χ2v) is 5.20. The number of nitrogens with one attached hydrogen (secondary N) is 3. The van der Waals surface area contributed by atoms with Gasteiger partial charge in [-0.15, -0.1) is 5.53 Å². The number of para-hydroxylation sites is 1. The third-order valence-corrected chi connectivity index (χ3v) is 3.71. The topological polar surface area (TPSA) is 66.1 Å². The molecule has 0 fully saturated rings. The molecular weight excluding hydrogens is 291 g/mol. The van der Waals surface area contributed by atoms with E-state index in [0.29, 0.717) is 5.13 Å². The zero-order valence-corrected chi connectivity index (χ0v) is 11.6. The van der Waals surface area contributed by atoms with Gasteiger partial charge in [0.25, 0.3) is 5.91 Å². The van der Waals surface area contributed by atoms with Crippen LogP contribution in [0.2, 0.25) is 0 Å². The van der Waals surface area contributed by atoms with Crippen LogP contribution in [0.5, 0.6) is 0 Å². The molecule has 0 aliphatic carbocycles. The lowest BCUT2D eigenvalue weighted by atomic mass is 10.2. The molecule has 0 bridgehead atoms. The molecule has 0 radical (unpaired) electrons. The van der Waals surface area contributed by atoms with Crippen molar-refractivity contribution >= 4 is 32.6 Å². The number of carbonyl (C=O) groups excluding carboxylic acids is 1. The Kier molecular flexibility index (Phi) is 3.76. The number of hydrazine groups is 2. The van der Waals surface area contributed by atoms with Crippen molar-refractivity contribution in [3.63, 3.8) is 0 Å². The van der Waals surface area contributed by atoms with Gasteiger partial charge in [-0.1, -0.05) is 35.6 Å². The van der Waals surface area contributed by atoms with Gasteiger partial charge in [0, 0.05) is 0 Å². The van der Waals surface area contributed by atoms with Crippen molar-refractivity contribution in [1.29, 1.82) is 0 Å². The number of carbonyl (C=O) groups is 1. The van der Waals surface area contributed by atoms with E-state index in [9.17, 15) is 9.18 Å². The van der Waals surface area contributed by atoms with Crippen LogP contribution in [0.4, 0.5) is 9.52 Å². The highest BCUT2D eigenvalue weighted by Gasteiger charge is 2.10. The van der Waals surface area contributed by atoms with Gasteiger partial charge in [0.05, 0.1) is 15.8 Å². The Morgan fingerprint density at radius 3 is 2.67 bits per heavy atom. The van der Waals surface area contributed by atoms with Crippen LogP contribution in [-0.4, -0.2) is 10.9 Å². The van der Waals surface area contributed by atoms with Crippen molar-refractivity contribution in [3.05, 3.63) is 59.9 Å². The molecule has 106 valence electrons. The van der Waals surface area contributed by atoms with Crippen LogP contribution in [-0.2, 0) is 0 Å². The molecule has 0 aliphatic rings. The second kappa shape index (κ2) is 5.86. The van der Waals surface area contributed by atoms with E-state index < -0.39 is 11.7 Å². The van der Waals surface area contributed by atoms with Gasteiger partial charge in [0.2, 0.25) is 0 Å². The standard InChI is InChI=1S/C14H11FN4OS/c15-10-6-2-1-5-9(10)13(20)17-19-18-14-16-11-7-3-4-8-12(11)21-14/h1-8,19H,(H,16,18)(H,17,20). The van der Waals surface area contributed by atoms with Gasteiger partial charge in [0.15, 0.2) is 5.13 Å². The van der Waals surface area contributed by atoms with Crippen LogP contribution in [0.25, 0.3) is 10.2 Å². The van der Waals surface area contributed by atoms with Crippen molar-refractivity contribution in [2.45, 2.75) is 0 Å². The molecule has 7 heteroatoms. The molecule has 1 heterocycles. The SMILES string of the molecule is O=C(NNNc1nc2ccccc2s1)c1ccccc1F. The Labute approximate surface area is 123 Å². The van der Waals surface area contributed by atoms with Crippen molar-refractivity contribution in [1.82, 2.24) is 15.9 Å². The number of halogens is 1. The predicted octanol–water partition coefficient (Wildman–Crippen LogP) is 2.70. The summed E-state index contributed by atoms with van der Waals surface area (Å²) in [4.78, 5) is 16.1. The van der Waals surface area contributed by atoms with Crippen molar-refractivity contribution in [2.24, 2.45) is 0 Å². The molecule has 0 aliphatic heterocycles. The number of aromatic nitrogens is 1. The first kappa shape index (κ1) is 13.5. The van der Waals surface area contributed by atoms with Crippen LogP contribution in [0.15, 0.2) is 48.5 Å². The Bertz CT molecular complexity index is 756. The molecule has 21 heavy (non-hydrogen) atoms. The molecule has 0 spiro atoms. The van der Waals surface area contributed by atoms with E-state index in [0.717, 1.165) is 10.2 Å². The Morgan fingerprint density at radius 2 is 1.86 bits per heavy atom. The molecule has 3 aromatic rings. The van der Waals surface area contributed by atoms with E-state index in [1.165, 1.54) is 29.5 Å². The Morgan fingerprint density at radius 1 is 1.10 bits per heavy atom. The first-order valence-electron chi connectivity index (χ1n) is 6.15. The van der Waals surface area contributed by atoms with Crippen LogP contribution in [0.3, 0.4) is 0 Å². The fourth-order valence-corrected chi connectivity index (χ4v) is 2.60. The summed E-state index contributed by atoms with van der Waals surface area (Å²) < 4.78 is 14.4. The normalized spacial score (nSPS) is 10.5. The van der Waals surface area contributed by atoms with Gasteiger partial charge in [0.1, 0.15) is 5.82 Å². The number of nitrogens with zero attached hydrogens (tertiary/aromatic N) is 1. The van der Waals surface area contributed by atoms with E-state index in [2.05, 4.69) is 21.4 Å². The lowest BCUT2D eigenvalue weighted by molar-refractivity contribution is 0.0933. The van der Waals surface area contributed by atoms with Crippen LogP contribution < -0.4 is 16.4 Å². The summed E-state index contributed by atoms with van der Waals surface area (Å²) in [6.45, 7) is 0. The molecule has 0 saturated heterocycles. The van der Waals surface area contributed by atoms with Gasteiger partial charge >= 0.3 is 0 Å². The maximum atomic E-state index is 13.4. The summed E-state index contributed by atoms with van der Waals surface area (Å²) in [6.07, 6.45) is 0. The lowest BCUT2D eigenvalue weighted by Gasteiger charge is -2.07. The van der Waals surface area contributed by atoms with Crippen molar-refractivity contribution in [2.75, 3.05) is 5.43 Å². The highest BCUT2D eigenvalue weighted by Crippen LogP contribution is 2.24. The molecule has 1 amide bonds. The van der Waals surface area contributed by atoms with Gasteiger partial charge in [-0.05, 0) is 24.3 Å². The van der Waals surface area contributed by atoms with Crippen molar-refractivity contribution < 1.29 is 9.18 Å². The monoisotopic (exact) mass is 302 g/mol. The summed E-state index contributed by atoms with van der Waals surface area (Å²) in [6, 6.07) is 13.4. The number of benzene rings is 2. The average molecular weight is 302 g/mol. The predicted molar refractivity (Wildman–Crippen MR) is 80.2 cm³/mol. The molecule has 0 atom stereocenters. The maximum Gasteiger partial charge on any atom is 0.269 e. The minimum Gasteiger partial charge on any atom is -0.279 e. The van der Waals surface area contributed by atoms with E-state index in [4.69, 9.17) is 0 Å². The highest BCUT2D eigenvalue weighted by atomic mass is 32.1. The second-order valence-electron chi connectivity index (χ2n) is 4.17. The molecule has 2 aromatic carbocycles. The van der Waals surface area contributed by atoms with E-state index in [1.807, 2.05) is 24.3 Å². The summed E-state index contributed by atoms with van der Waals surface area (Å²) in [5, 5.41) is 0.602. The number of rotatable bonds is 4. The number of fused-ring (bicyclic) bond motifs is 1. The van der Waals surface area contributed by atoms with Crippen LogP contribution in [0, 0.1) is 5.82 Å². The number of hydrogen-bond acceptors (Lipinski definition) is 5. The summed E-state index contributed by atoms with van der Waals surface area (Å²) >= 11 is 1.44. The van der Waals surface area contributed by atoms with Gasteiger partial charge < -0.3 is 0 Å². The van der Waals surface area contributed by atoms with Crippen molar-refractivity contribution in [3.8, 4) is 0 Å². The number of amides is 1. The summed E-state index contributed by atoms with van der Waals surface area (Å²) in [5.74, 6) is -1.14. The number of thiazole rings is 1. The third-order valence-electron chi connectivity index (χ3n) is 2.76. The Hall–Kier alpha value is -2.51. The zero-order chi connectivity index (χ0) is 14.7. The van der Waals surface area contributed by atoms with E-state index in [-0.39, 0.29) is 5.56 Å². The minimum atomic E-state index is -0.572. The summed E-state index contributed by atoms with van der Waals surface area (Å²) in [7, 11) is 0. The van der Waals surface area contributed by atoms with Crippen LogP contribution in [0.1, 0.15) is 10.4 Å². The van der Waals surface area contributed by atoms with Crippen LogP contribution >= 0.6 is 11.3 Å². The number of hydrogen-bond donors (Lipinski definition) is 3. The third kappa shape index (κ3) is 2.99. The first-order valence-corrected chi connectivity index (χ1v) is 6.97. The molecular formula is C14H11FN4OS. The molecule has 5 nitrogen and oxygen atoms in total. The van der Waals surface area contributed by atoms with Gasteiger partial charge in [-0.25, -0.2) is 9.37 Å². The quantitative estimate of drug-likeness (QED) is 0.648. The fraction of sp³-hybridized carbons (Fsp3) is 0. The first-order chi connectivity index (χ1) is 10.2. The average Bonchev–Trinajstić information content (AvgIpc) is 2.90. The zero-order valence-electron chi connectivity index (χ0n) is 10.8. The lowest BCUT2D eigenvalue weighted by Crippen LogP contribution is -2.41. The largest absolute Gasteiger partial charge is 0.279 e. The summed E-state index contributed by atoms with van der Waals surface area (Å²) in [5.41, 5.74) is 8.47. The Balaban J connectivity index is 1.61. The molecule has 0 unspecified atom stereocenters. The minimum absolute atomic E-state index is 0.0314. The van der Waals surface area contributed by atoms with Gasteiger partial charge in [-0.3, -0.25) is 15.6 Å².